The molecule has 1 aliphatic rings. The van der Waals surface area contributed by atoms with Crippen LogP contribution in [0.25, 0.3) is 0 Å². The number of amides is 4. The molecular formula is C31H39ClF2N4O6. The number of benzene rings is 2. The molecule has 3 rings (SSSR count). The molecule has 10 nitrogen and oxygen atoms in total. The number of alkyl carbamates (subject to hydrolysis) is 1. The summed E-state index contributed by atoms with van der Waals surface area (Å²) in [6.45, 7) is 5.24. The summed E-state index contributed by atoms with van der Waals surface area (Å²) in [5.74, 6) is -6.82. The molecule has 0 spiro atoms. The first-order valence-corrected chi connectivity index (χ1v) is 14.9. The second kappa shape index (κ2) is 15.8. The minimum absolute atomic E-state index is 0.0420. The van der Waals surface area contributed by atoms with Gasteiger partial charge in [-0.05, 0) is 43.4 Å². The Morgan fingerprint density at radius 1 is 1.09 bits per heavy atom. The van der Waals surface area contributed by atoms with E-state index in [0.29, 0.717) is 18.5 Å². The van der Waals surface area contributed by atoms with Crippen molar-refractivity contribution in [2.75, 3.05) is 13.1 Å². The van der Waals surface area contributed by atoms with Gasteiger partial charge in [-0.2, -0.15) is 8.78 Å². The summed E-state index contributed by atoms with van der Waals surface area (Å²) in [6, 6.07) is 11.2. The van der Waals surface area contributed by atoms with Crippen LogP contribution in [0.2, 0.25) is 5.02 Å². The fourth-order valence-electron chi connectivity index (χ4n) is 5.03. The first-order chi connectivity index (χ1) is 20.8. The van der Waals surface area contributed by atoms with Crippen molar-refractivity contribution in [2.24, 2.45) is 11.8 Å². The molecule has 2 aromatic carbocycles. The predicted octanol–water partition coefficient (Wildman–Crippen LogP) is 3.30. The van der Waals surface area contributed by atoms with Crippen LogP contribution in [0, 0.1) is 11.8 Å². The minimum atomic E-state index is -3.61. The number of halogens is 3. The maximum Gasteiger partial charge on any atom is 0.408 e. The number of alkyl halides is 2. The van der Waals surface area contributed by atoms with Crippen LogP contribution in [0.3, 0.4) is 0 Å². The van der Waals surface area contributed by atoms with Crippen molar-refractivity contribution >= 4 is 35.4 Å². The van der Waals surface area contributed by atoms with Gasteiger partial charge < -0.3 is 31.1 Å². The van der Waals surface area contributed by atoms with E-state index in [1.165, 1.54) is 32.0 Å². The van der Waals surface area contributed by atoms with Crippen LogP contribution in [-0.2, 0) is 31.5 Å². The molecule has 0 bridgehead atoms. The number of ether oxygens (including phenoxy) is 1. The number of aliphatic hydroxyl groups is 1. The quantitative estimate of drug-likeness (QED) is 0.215. The Hall–Kier alpha value is -3.77. The van der Waals surface area contributed by atoms with E-state index in [-0.39, 0.29) is 30.3 Å². The summed E-state index contributed by atoms with van der Waals surface area (Å²) in [4.78, 5) is 51.5. The summed E-state index contributed by atoms with van der Waals surface area (Å²) >= 11 is 5.92. The molecule has 1 fully saturated rings. The van der Waals surface area contributed by atoms with Crippen molar-refractivity contribution in [3.05, 3.63) is 70.7 Å². The Bertz CT molecular complexity index is 1300. The molecule has 5 atom stereocenters. The molecule has 4 amide bonds. The standard InChI is InChI=1S/C31H39ClF2N4O6/c1-4-35-29(42)25(39)23(16-20-13-14-36-27(20)40)37-28(41)24(15-19-9-6-5-7-10-19)38-30(43)44-26(18(2)3)31(33,34)21-11-8-12-22(32)17-21/h5-12,17-18,20,23-26,39H,4,13-16H2,1-3H3,(H,35,42)(H,36,40)(H,37,41)(H,38,43)/t20-,23-,24-,25?,26?/m0/s1. The summed E-state index contributed by atoms with van der Waals surface area (Å²) < 4.78 is 36.3. The fourth-order valence-corrected chi connectivity index (χ4v) is 5.22. The van der Waals surface area contributed by atoms with Gasteiger partial charge in [-0.15, -0.1) is 0 Å². The highest BCUT2D eigenvalue weighted by atomic mass is 35.5. The van der Waals surface area contributed by atoms with Crippen molar-refractivity contribution < 1.29 is 37.8 Å². The van der Waals surface area contributed by atoms with Gasteiger partial charge in [0.1, 0.15) is 6.04 Å². The Balaban J connectivity index is 1.84. The van der Waals surface area contributed by atoms with Gasteiger partial charge in [0.2, 0.25) is 11.8 Å². The van der Waals surface area contributed by atoms with Crippen LogP contribution in [0.4, 0.5) is 13.6 Å². The topological polar surface area (TPSA) is 146 Å². The van der Waals surface area contributed by atoms with Crippen molar-refractivity contribution in [1.82, 2.24) is 21.3 Å². The van der Waals surface area contributed by atoms with Crippen LogP contribution in [0.5, 0.6) is 0 Å². The van der Waals surface area contributed by atoms with Crippen LogP contribution < -0.4 is 21.3 Å². The lowest BCUT2D eigenvalue weighted by atomic mass is 9.94. The number of hydrogen-bond acceptors (Lipinski definition) is 6. The van der Waals surface area contributed by atoms with Gasteiger partial charge in [0.15, 0.2) is 12.2 Å². The summed E-state index contributed by atoms with van der Waals surface area (Å²) in [7, 11) is 0. The molecule has 0 aromatic heterocycles. The summed E-state index contributed by atoms with van der Waals surface area (Å²) in [5.41, 5.74) is 0.196. The third-order valence-electron chi connectivity index (χ3n) is 7.33. The van der Waals surface area contributed by atoms with Crippen molar-refractivity contribution in [3.8, 4) is 0 Å². The number of rotatable bonds is 14. The van der Waals surface area contributed by atoms with E-state index in [1.807, 2.05) is 0 Å². The van der Waals surface area contributed by atoms with E-state index in [2.05, 4.69) is 21.3 Å². The van der Waals surface area contributed by atoms with E-state index in [0.717, 1.165) is 6.07 Å². The minimum Gasteiger partial charge on any atom is -0.439 e. The molecule has 1 saturated heterocycles. The molecule has 5 N–H and O–H groups in total. The van der Waals surface area contributed by atoms with Crippen molar-refractivity contribution in [1.29, 1.82) is 0 Å². The monoisotopic (exact) mass is 636 g/mol. The lowest BCUT2D eigenvalue weighted by molar-refractivity contribution is -0.137. The lowest BCUT2D eigenvalue weighted by Gasteiger charge is -2.31. The van der Waals surface area contributed by atoms with E-state index < -0.39 is 65.5 Å². The average molecular weight is 637 g/mol. The van der Waals surface area contributed by atoms with Crippen LogP contribution in [-0.4, -0.2) is 66.3 Å². The number of nitrogens with one attached hydrogen (secondary N) is 4. The number of hydrogen-bond donors (Lipinski definition) is 5. The van der Waals surface area contributed by atoms with Crippen molar-refractivity contribution in [2.45, 2.75) is 70.2 Å². The van der Waals surface area contributed by atoms with Crippen LogP contribution in [0.1, 0.15) is 44.7 Å². The Morgan fingerprint density at radius 2 is 1.80 bits per heavy atom. The van der Waals surface area contributed by atoms with Gasteiger partial charge in [0.05, 0.1) is 6.04 Å². The molecule has 1 heterocycles. The van der Waals surface area contributed by atoms with Crippen LogP contribution in [0.15, 0.2) is 54.6 Å². The largest absolute Gasteiger partial charge is 0.439 e. The van der Waals surface area contributed by atoms with E-state index in [9.17, 15) is 24.3 Å². The first kappa shape index (κ1) is 34.7. The number of aliphatic hydroxyl groups excluding tert-OH is 1. The third-order valence-corrected chi connectivity index (χ3v) is 7.56. The molecule has 0 saturated carbocycles. The molecule has 2 aromatic rings. The van der Waals surface area contributed by atoms with Gasteiger partial charge in [0, 0.05) is 36.0 Å². The smallest absolute Gasteiger partial charge is 0.408 e. The van der Waals surface area contributed by atoms with E-state index in [4.69, 9.17) is 16.3 Å². The fraction of sp³-hybridized carbons (Fsp3) is 0.484. The van der Waals surface area contributed by atoms with E-state index >= 15 is 8.78 Å². The molecule has 1 aliphatic heterocycles. The highest BCUT2D eigenvalue weighted by Crippen LogP contribution is 2.38. The van der Waals surface area contributed by atoms with Gasteiger partial charge in [-0.25, -0.2) is 4.79 Å². The Morgan fingerprint density at radius 3 is 2.39 bits per heavy atom. The average Bonchev–Trinajstić information content (AvgIpc) is 3.39. The third kappa shape index (κ3) is 9.36. The highest BCUT2D eigenvalue weighted by Gasteiger charge is 2.46. The second-order valence-electron chi connectivity index (χ2n) is 11.1. The molecular weight excluding hydrogens is 598 g/mol. The van der Waals surface area contributed by atoms with Gasteiger partial charge in [0.25, 0.3) is 5.91 Å². The number of carbonyl (C=O) groups is 4. The molecule has 44 heavy (non-hydrogen) atoms. The SMILES string of the molecule is CCNC(=O)C(O)[C@H](C[C@@H]1CCNC1=O)NC(=O)[C@H](Cc1ccccc1)NC(=O)OC(C(C)C)C(F)(F)c1cccc(Cl)c1. The molecule has 13 heteroatoms. The van der Waals surface area contributed by atoms with Gasteiger partial charge in [-0.1, -0.05) is 67.9 Å². The normalized spacial score (nSPS) is 17.6. The van der Waals surface area contributed by atoms with Crippen molar-refractivity contribution in [3.63, 3.8) is 0 Å². The number of carbonyl (C=O) groups excluding carboxylic acids is 4. The first-order valence-electron chi connectivity index (χ1n) is 14.5. The molecule has 240 valence electrons. The Labute approximate surface area is 260 Å². The van der Waals surface area contributed by atoms with Crippen LogP contribution >= 0.6 is 11.6 Å². The molecule has 2 unspecified atom stereocenters. The Kier molecular flexibility index (Phi) is 12.5. The lowest BCUT2D eigenvalue weighted by Crippen LogP contribution is -2.57. The number of likely N-dealkylation sites (N-methyl/N-ethyl adjacent to an activating group) is 1. The van der Waals surface area contributed by atoms with Gasteiger partial charge >= 0.3 is 12.0 Å². The zero-order valence-electron chi connectivity index (χ0n) is 24.8. The molecule has 0 radical (unpaired) electrons. The molecule has 0 aliphatic carbocycles. The predicted molar refractivity (Wildman–Crippen MR) is 160 cm³/mol. The van der Waals surface area contributed by atoms with E-state index in [1.54, 1.807) is 37.3 Å². The second-order valence-corrected chi connectivity index (χ2v) is 11.5. The zero-order chi connectivity index (χ0) is 32.4. The highest BCUT2D eigenvalue weighted by molar-refractivity contribution is 6.30. The summed E-state index contributed by atoms with van der Waals surface area (Å²) in [6.07, 6.45) is -4.53. The summed E-state index contributed by atoms with van der Waals surface area (Å²) in [5, 5.41) is 21.1. The maximum absolute atomic E-state index is 15.5. The maximum atomic E-state index is 15.5. The zero-order valence-corrected chi connectivity index (χ0v) is 25.6. The van der Waals surface area contributed by atoms with Gasteiger partial charge in [-0.3, -0.25) is 14.4 Å².